The third-order valence-corrected chi connectivity index (χ3v) is 33.5. The molecule has 0 spiro atoms. The molecule has 432 valence electrons. The molecule has 81 heavy (non-hydrogen) atoms. The van der Waals surface area contributed by atoms with Crippen molar-refractivity contribution in [2.45, 2.75) is 72.7 Å². The highest BCUT2D eigenvalue weighted by Crippen LogP contribution is 2.94. The minimum Gasteiger partial charge on any atom is -0.214 e. The molecule has 2 aromatic rings. The second kappa shape index (κ2) is 13.7. The lowest BCUT2D eigenvalue weighted by atomic mass is 9.43. The number of allylic oxidation sites excluding steroid dienone is 6. The number of hydrogen-bond donors (Lipinski definition) is 0. The lowest BCUT2D eigenvalue weighted by Crippen LogP contribution is -2.58. The highest BCUT2D eigenvalue weighted by molar-refractivity contribution is 7.93. The van der Waals surface area contributed by atoms with Crippen LogP contribution in [-0.4, -0.2) is 55.7 Å². The molecule has 13 fully saturated rings. The molecule has 24 heteroatoms. The molecular weight excluding hydrogens is 1170 g/mol. The summed E-state index contributed by atoms with van der Waals surface area (Å²) >= 11 is 0. The summed E-state index contributed by atoms with van der Waals surface area (Å²) in [5.41, 5.74) is -26.5. The maximum atomic E-state index is 14.9. The highest BCUT2D eigenvalue weighted by Gasteiger charge is 2.91. The van der Waals surface area contributed by atoms with Crippen molar-refractivity contribution in [1.82, 2.24) is 0 Å². The molecule has 0 aliphatic heterocycles. The summed E-state index contributed by atoms with van der Waals surface area (Å²) in [6, 6.07) is 0.534. The van der Waals surface area contributed by atoms with Gasteiger partial charge in [0.1, 0.15) is 0 Å². The van der Waals surface area contributed by atoms with E-state index in [4.69, 9.17) is 0 Å². The van der Waals surface area contributed by atoms with Gasteiger partial charge < -0.3 is 0 Å². The van der Waals surface area contributed by atoms with Crippen LogP contribution in [0, 0.1) is 178 Å². The first-order chi connectivity index (χ1) is 37.8. The SMILES string of the molecule is O=S(=O)(c1cc(C2(c3cc(S(=O)(=O)C(F)(F)F)cc(S(=O)(=O)C(F)(F)F)c3)C3C4C5C=CC6C7C=CC8C9CCC%10C%11CCC%12C%13C%11C%11C%10C9C9C%10C%14=C(C7C89)C6C5C5C%14C(C%10%11)C%13C(C54)C%12C32)cc(S(=O)(=O)C(F)(F)F)c1)C(F)(F)F. The van der Waals surface area contributed by atoms with Gasteiger partial charge in [0, 0.05) is 5.41 Å². The Morgan fingerprint density at radius 3 is 1.09 bits per heavy atom. The second-order valence-corrected chi connectivity index (χ2v) is 36.0. The number of sulfone groups is 4. The summed E-state index contributed by atoms with van der Waals surface area (Å²) in [6.45, 7) is 0. The lowest BCUT2D eigenvalue weighted by Gasteiger charge is -2.61. The van der Waals surface area contributed by atoms with Gasteiger partial charge in [-0.3, -0.25) is 0 Å². The van der Waals surface area contributed by atoms with E-state index in [0.29, 0.717) is 102 Å². The monoisotopic (exact) mass is 1220 g/mol. The van der Waals surface area contributed by atoms with Crippen LogP contribution in [0.3, 0.4) is 0 Å². The van der Waals surface area contributed by atoms with Crippen molar-refractivity contribution < 1.29 is 86.4 Å². The first kappa shape index (κ1) is 49.8. The van der Waals surface area contributed by atoms with Crippen LogP contribution in [0.25, 0.3) is 0 Å². The van der Waals surface area contributed by atoms with Crippen molar-refractivity contribution in [3.05, 3.63) is 83.0 Å². The Morgan fingerprint density at radius 2 is 0.617 bits per heavy atom. The second-order valence-electron chi connectivity index (χ2n) is 28.2. The summed E-state index contributed by atoms with van der Waals surface area (Å²) in [6.07, 6.45) is 13.0. The molecule has 0 amide bonds. The number of rotatable bonds is 6. The Labute approximate surface area is 456 Å². The summed E-state index contributed by atoms with van der Waals surface area (Å²) in [7, 11) is -27.4. The van der Waals surface area contributed by atoms with Crippen LogP contribution in [0.2, 0.25) is 0 Å². The highest BCUT2D eigenvalue weighted by atomic mass is 32.2. The largest absolute Gasteiger partial charge is 0.501 e. The van der Waals surface area contributed by atoms with E-state index in [1.54, 1.807) is 11.1 Å². The average molecular weight is 1220 g/mol. The van der Waals surface area contributed by atoms with Gasteiger partial charge in [0.05, 0.1) is 19.6 Å². The lowest BCUT2D eigenvalue weighted by molar-refractivity contribution is -0.147. The molecule has 0 aromatic heterocycles. The molecule has 2 aromatic carbocycles. The van der Waals surface area contributed by atoms with Crippen LogP contribution in [0.4, 0.5) is 52.7 Å². The molecule has 19 rings (SSSR count). The van der Waals surface area contributed by atoms with E-state index >= 15 is 0 Å². The summed E-state index contributed by atoms with van der Waals surface area (Å²) in [5.74, 6) is 1.05. The summed E-state index contributed by atoms with van der Waals surface area (Å²) in [4.78, 5) is -8.07. The molecule has 8 nitrogen and oxygen atoms in total. The maximum absolute atomic E-state index is 14.9. The number of halogens is 12. The third kappa shape index (κ3) is 4.92. The van der Waals surface area contributed by atoms with Crippen LogP contribution >= 0.6 is 0 Å². The summed E-state index contributed by atoms with van der Waals surface area (Å²) < 4.78 is 289. The Hall–Kier alpha value is -3.38. The molecule has 17 aliphatic rings. The zero-order valence-corrected chi connectivity index (χ0v) is 45.1. The van der Waals surface area contributed by atoms with E-state index in [9.17, 15) is 86.4 Å². The minimum absolute atomic E-state index is 0.0236. The predicted molar refractivity (Wildman–Crippen MR) is 255 cm³/mol. The van der Waals surface area contributed by atoms with Crippen molar-refractivity contribution in [2.24, 2.45) is 178 Å². The fourth-order valence-electron chi connectivity index (χ4n) is 27.5. The van der Waals surface area contributed by atoms with Gasteiger partial charge in [-0.1, -0.05) is 35.5 Å². The molecular formula is C57H48F12O8S4. The molecule has 0 heterocycles. The van der Waals surface area contributed by atoms with Gasteiger partial charge in [0.15, 0.2) is 0 Å². The molecule has 30 unspecified atom stereocenters. The van der Waals surface area contributed by atoms with Gasteiger partial charge in [-0.25, -0.2) is 33.7 Å². The van der Waals surface area contributed by atoms with E-state index in [1.807, 2.05) is 0 Å². The van der Waals surface area contributed by atoms with Crippen LogP contribution in [-0.2, 0) is 44.8 Å². The van der Waals surface area contributed by atoms with Gasteiger partial charge in [0.2, 0.25) is 0 Å². The topological polar surface area (TPSA) is 137 Å². The van der Waals surface area contributed by atoms with E-state index in [2.05, 4.69) is 24.3 Å². The van der Waals surface area contributed by atoms with Crippen molar-refractivity contribution in [2.75, 3.05) is 0 Å². The van der Waals surface area contributed by atoms with E-state index < -0.39 is 127 Å². The first-order valence-electron chi connectivity index (χ1n) is 28.5. The summed E-state index contributed by atoms with van der Waals surface area (Å²) in [5, 5.41) is 0. The van der Waals surface area contributed by atoms with E-state index in [0.717, 1.165) is 19.3 Å². The van der Waals surface area contributed by atoms with E-state index in [1.165, 1.54) is 0 Å². The normalized spacial score (nSPS) is 51.4. The number of fused-ring (bicyclic) bond motifs is 8. The van der Waals surface area contributed by atoms with Crippen LogP contribution < -0.4 is 0 Å². The molecule has 0 saturated heterocycles. The molecule has 30 atom stereocenters. The zero-order chi connectivity index (χ0) is 56.3. The van der Waals surface area contributed by atoms with Gasteiger partial charge in [0.25, 0.3) is 39.3 Å². The van der Waals surface area contributed by atoms with Gasteiger partial charge >= 0.3 is 22.0 Å². The van der Waals surface area contributed by atoms with Crippen LogP contribution in [0.5, 0.6) is 0 Å². The fraction of sp³-hybridized carbons (Fsp3) is 0.684. The molecule has 0 N–H and O–H groups in total. The molecule has 0 radical (unpaired) electrons. The number of benzene rings is 2. The zero-order valence-electron chi connectivity index (χ0n) is 41.9. The van der Waals surface area contributed by atoms with Gasteiger partial charge in [-0.2, -0.15) is 52.7 Å². The van der Waals surface area contributed by atoms with Crippen molar-refractivity contribution >= 4 is 39.3 Å². The smallest absolute Gasteiger partial charge is 0.214 e. The Morgan fingerprint density at radius 1 is 0.309 bits per heavy atom. The van der Waals surface area contributed by atoms with Crippen LogP contribution in [0.15, 0.2) is 91.4 Å². The number of alkyl halides is 12. The van der Waals surface area contributed by atoms with Crippen molar-refractivity contribution in [3.8, 4) is 0 Å². The van der Waals surface area contributed by atoms with E-state index in [-0.39, 0.29) is 89.1 Å². The maximum Gasteiger partial charge on any atom is 0.501 e. The molecule has 13 saturated carbocycles. The Balaban J connectivity index is 0.937. The van der Waals surface area contributed by atoms with Crippen LogP contribution in [0.1, 0.15) is 36.8 Å². The minimum atomic E-state index is -6.84. The molecule has 0 bridgehead atoms. The predicted octanol–water partition coefficient (Wildman–Crippen LogP) is 10.8. The number of hydrogen-bond acceptors (Lipinski definition) is 8. The quantitative estimate of drug-likeness (QED) is 0.206. The average Bonchev–Trinajstić information content (AvgIpc) is 1.45. The standard InChI is InChI=1S/C57H48F12O8S4/c58-54(59,60)78(70,71)17-9-15(10-18(13-17)79(72,73)55(61,62)63)53(16-11-19(80(74,75)56(64,65)66)14-20(12-16)81(76,77)57(67,68)69)51-37-27-7-5-25-23-3-1-21-22-2-4-24-26-6-8-28-36-34(26)41-32(24)30(22)39-29(21)31(23)40-33(25)35(27)42-44(37)45(38(28)52(51)53)43(36)50-48(41)46(39)47(40)49(42)50/h1,3,5,7,9-14,21-39,41-46,48-52H,2,4,6,8H2. The Bertz CT molecular complexity index is 3720. The first-order valence-corrected chi connectivity index (χ1v) is 34.4. The van der Waals surface area contributed by atoms with Gasteiger partial charge in [-0.15, -0.1) is 0 Å². The Kier molecular flexibility index (Phi) is 8.45. The van der Waals surface area contributed by atoms with Crippen molar-refractivity contribution in [3.63, 3.8) is 0 Å². The molecule has 17 aliphatic carbocycles. The van der Waals surface area contributed by atoms with Gasteiger partial charge in [-0.05, 0) is 251 Å². The fourth-order valence-corrected chi connectivity index (χ4v) is 30.9. The van der Waals surface area contributed by atoms with Crippen molar-refractivity contribution in [1.29, 1.82) is 0 Å². The third-order valence-electron chi connectivity index (χ3n) is 27.6.